The molecule has 2 N–H and O–H groups in total. The first-order valence-electron chi connectivity index (χ1n) is 11.6. The molecule has 0 saturated heterocycles. The Morgan fingerprint density at radius 3 is 1.62 bits per heavy atom. The van der Waals surface area contributed by atoms with E-state index in [4.69, 9.17) is 0 Å². The topological polar surface area (TPSA) is 32.3 Å². The van der Waals surface area contributed by atoms with Crippen molar-refractivity contribution >= 4 is 0 Å². The minimum Gasteiger partial charge on any atom is -0.379 e. The first kappa shape index (κ1) is 19.3. The van der Waals surface area contributed by atoms with E-state index in [-0.39, 0.29) is 6.04 Å². The van der Waals surface area contributed by atoms with Crippen LogP contribution >= 0.6 is 0 Å². The van der Waals surface area contributed by atoms with Crippen LogP contribution in [-0.4, -0.2) is 17.2 Å². The van der Waals surface area contributed by atoms with Crippen LogP contribution in [0.25, 0.3) is 0 Å². The highest BCUT2D eigenvalue weighted by Gasteiger charge is 2.51. The molecule has 2 aromatic rings. The second-order valence-electron chi connectivity index (χ2n) is 10.3. The van der Waals surface area contributed by atoms with Gasteiger partial charge in [0, 0.05) is 12.1 Å². The highest BCUT2D eigenvalue weighted by Crippen LogP contribution is 2.54. The Labute approximate surface area is 175 Å². The Balaban J connectivity index is 1.52. The van der Waals surface area contributed by atoms with Crippen LogP contribution in [0.15, 0.2) is 60.7 Å². The van der Waals surface area contributed by atoms with Crippen molar-refractivity contribution in [1.82, 2.24) is 5.32 Å². The number of rotatable bonds is 6. The molecule has 154 valence electrons. The summed E-state index contributed by atoms with van der Waals surface area (Å²) < 4.78 is 0. The lowest BCUT2D eigenvalue weighted by molar-refractivity contribution is -0.0460. The van der Waals surface area contributed by atoms with Gasteiger partial charge in [-0.2, -0.15) is 0 Å². The molecule has 2 aromatic carbocycles. The van der Waals surface area contributed by atoms with Crippen molar-refractivity contribution in [2.24, 2.45) is 29.6 Å². The van der Waals surface area contributed by atoms with Gasteiger partial charge in [-0.25, -0.2) is 0 Å². The lowest BCUT2D eigenvalue weighted by atomic mass is 9.54. The average molecular weight is 390 g/mol. The van der Waals surface area contributed by atoms with Gasteiger partial charge in [0.15, 0.2) is 0 Å². The molecule has 4 fully saturated rings. The normalized spacial score (nSPS) is 31.9. The summed E-state index contributed by atoms with van der Waals surface area (Å²) in [4.78, 5) is 0. The van der Waals surface area contributed by atoms with Gasteiger partial charge in [0.05, 0.1) is 0 Å². The van der Waals surface area contributed by atoms with Gasteiger partial charge < -0.3 is 10.4 Å². The van der Waals surface area contributed by atoms with Gasteiger partial charge >= 0.3 is 0 Å². The van der Waals surface area contributed by atoms with Crippen molar-refractivity contribution in [3.8, 4) is 0 Å². The fourth-order valence-corrected chi connectivity index (χ4v) is 7.11. The van der Waals surface area contributed by atoms with Gasteiger partial charge in [0.25, 0.3) is 0 Å². The zero-order valence-corrected chi connectivity index (χ0v) is 17.8. The Hall–Kier alpha value is -1.64. The van der Waals surface area contributed by atoms with E-state index >= 15 is 0 Å². The van der Waals surface area contributed by atoms with E-state index in [1.165, 1.54) is 32.1 Å². The molecular weight excluding hydrogens is 354 g/mol. The van der Waals surface area contributed by atoms with E-state index in [0.717, 1.165) is 34.8 Å². The first-order chi connectivity index (χ1) is 14.1. The van der Waals surface area contributed by atoms with E-state index in [0.29, 0.717) is 12.0 Å². The van der Waals surface area contributed by atoms with Gasteiger partial charge in [-0.1, -0.05) is 74.5 Å². The maximum absolute atomic E-state index is 12.4. The SMILES string of the molecule is CC(C)[C@H](NC1C2CC3CC(C2)CC1C3)C(O)(c1ccccc1)c1ccccc1. The molecule has 0 aromatic heterocycles. The van der Waals surface area contributed by atoms with Crippen LogP contribution in [0.5, 0.6) is 0 Å². The van der Waals surface area contributed by atoms with Gasteiger partial charge in [0.1, 0.15) is 5.60 Å². The summed E-state index contributed by atoms with van der Waals surface area (Å²) in [6.07, 6.45) is 7.05. The Kier molecular flexibility index (Phi) is 5.04. The zero-order valence-electron chi connectivity index (χ0n) is 17.8. The molecule has 2 heteroatoms. The molecule has 0 aliphatic heterocycles. The van der Waals surface area contributed by atoms with E-state index in [1.807, 2.05) is 36.4 Å². The van der Waals surface area contributed by atoms with Crippen molar-refractivity contribution in [3.05, 3.63) is 71.8 Å². The summed E-state index contributed by atoms with van der Waals surface area (Å²) in [5, 5.41) is 16.5. The molecule has 2 nitrogen and oxygen atoms in total. The fourth-order valence-electron chi connectivity index (χ4n) is 7.11. The second-order valence-corrected chi connectivity index (χ2v) is 10.3. The van der Waals surface area contributed by atoms with Crippen LogP contribution in [-0.2, 0) is 5.60 Å². The molecule has 1 atom stereocenters. The summed E-state index contributed by atoms with van der Waals surface area (Å²) >= 11 is 0. The predicted octanol–water partition coefficient (Wildman–Crippen LogP) is 5.36. The highest BCUT2D eigenvalue weighted by molar-refractivity contribution is 5.38. The molecule has 0 radical (unpaired) electrons. The van der Waals surface area contributed by atoms with Crippen molar-refractivity contribution < 1.29 is 5.11 Å². The number of aliphatic hydroxyl groups is 1. The van der Waals surface area contributed by atoms with Crippen LogP contribution < -0.4 is 5.32 Å². The number of hydrogen-bond acceptors (Lipinski definition) is 2. The van der Waals surface area contributed by atoms with Gasteiger partial charge in [0.2, 0.25) is 0 Å². The smallest absolute Gasteiger partial charge is 0.130 e. The third kappa shape index (κ3) is 3.35. The predicted molar refractivity (Wildman–Crippen MR) is 118 cm³/mol. The number of nitrogens with one attached hydrogen (secondary N) is 1. The average Bonchev–Trinajstić information content (AvgIpc) is 2.73. The molecule has 6 rings (SSSR count). The maximum Gasteiger partial charge on any atom is 0.130 e. The van der Waals surface area contributed by atoms with Crippen molar-refractivity contribution in [1.29, 1.82) is 0 Å². The molecule has 29 heavy (non-hydrogen) atoms. The molecule has 4 aliphatic rings. The summed E-state index contributed by atoms with van der Waals surface area (Å²) in [7, 11) is 0. The van der Waals surface area contributed by atoms with Crippen LogP contribution in [0.4, 0.5) is 0 Å². The summed E-state index contributed by atoms with van der Waals surface area (Å²) in [6, 6.07) is 21.1. The van der Waals surface area contributed by atoms with E-state index in [1.54, 1.807) is 0 Å². The Morgan fingerprint density at radius 2 is 1.21 bits per heavy atom. The lowest BCUT2D eigenvalue weighted by Crippen LogP contribution is -2.62. The van der Waals surface area contributed by atoms with Gasteiger partial charge in [-0.3, -0.25) is 0 Å². The van der Waals surface area contributed by atoms with E-state index in [9.17, 15) is 5.11 Å². The van der Waals surface area contributed by atoms with Crippen molar-refractivity contribution in [3.63, 3.8) is 0 Å². The Morgan fingerprint density at radius 1 is 0.759 bits per heavy atom. The largest absolute Gasteiger partial charge is 0.379 e. The number of hydrogen-bond donors (Lipinski definition) is 2. The monoisotopic (exact) mass is 389 g/mol. The number of benzene rings is 2. The first-order valence-corrected chi connectivity index (χ1v) is 11.6. The van der Waals surface area contributed by atoms with E-state index in [2.05, 4.69) is 43.4 Å². The van der Waals surface area contributed by atoms with Crippen molar-refractivity contribution in [2.45, 2.75) is 63.6 Å². The van der Waals surface area contributed by atoms with Gasteiger partial charge in [-0.05, 0) is 72.8 Å². The third-order valence-corrected chi connectivity index (χ3v) is 8.14. The zero-order chi connectivity index (χ0) is 20.0. The lowest BCUT2D eigenvalue weighted by Gasteiger charge is -2.56. The molecule has 0 spiro atoms. The molecule has 4 bridgehead atoms. The Bertz CT molecular complexity index is 747. The fraction of sp³-hybridized carbons (Fsp3) is 0.556. The molecule has 0 heterocycles. The molecular formula is C27H35NO. The van der Waals surface area contributed by atoms with Crippen LogP contribution in [0.2, 0.25) is 0 Å². The van der Waals surface area contributed by atoms with Crippen LogP contribution in [0.3, 0.4) is 0 Å². The second kappa shape index (κ2) is 7.56. The summed E-state index contributed by atoms with van der Waals surface area (Å²) in [5.74, 6) is 3.84. The molecule has 4 aliphatic carbocycles. The standard InChI is InChI=1S/C27H35NO/c1-18(2)26(28-25-21-14-19-13-20(16-21)17-22(25)15-19)27(29,23-9-5-3-6-10-23)24-11-7-4-8-12-24/h3-12,18-22,25-26,28-29H,13-17H2,1-2H3/t19?,20?,21?,22?,25?,26-/m0/s1. The summed E-state index contributed by atoms with van der Waals surface area (Å²) in [6.45, 7) is 4.51. The van der Waals surface area contributed by atoms with E-state index < -0.39 is 5.60 Å². The minimum absolute atomic E-state index is 0.0187. The molecule has 4 saturated carbocycles. The van der Waals surface area contributed by atoms with Crippen LogP contribution in [0.1, 0.15) is 57.1 Å². The maximum atomic E-state index is 12.4. The highest BCUT2D eigenvalue weighted by atomic mass is 16.3. The van der Waals surface area contributed by atoms with Crippen molar-refractivity contribution in [2.75, 3.05) is 0 Å². The molecule has 0 amide bonds. The minimum atomic E-state index is -1.04. The molecule has 0 unspecified atom stereocenters. The quantitative estimate of drug-likeness (QED) is 0.697. The summed E-state index contributed by atoms with van der Waals surface area (Å²) in [5.41, 5.74) is 0.938. The third-order valence-electron chi connectivity index (χ3n) is 8.14. The van der Waals surface area contributed by atoms with Gasteiger partial charge in [-0.15, -0.1) is 0 Å². The van der Waals surface area contributed by atoms with Crippen LogP contribution in [0, 0.1) is 29.6 Å².